The van der Waals surface area contributed by atoms with E-state index < -0.39 is 30.4 Å². The molecule has 0 unspecified atom stereocenters. The monoisotopic (exact) mass is 548 g/mol. The Kier molecular flexibility index (Phi) is 6.55. The summed E-state index contributed by atoms with van der Waals surface area (Å²) in [5.41, 5.74) is 0.0359. The number of hydrogen-bond donors (Lipinski definition) is 0. The molecule has 2 aliphatic rings. The summed E-state index contributed by atoms with van der Waals surface area (Å²) in [5.74, 6) is -0.545. The van der Waals surface area contributed by atoms with Gasteiger partial charge in [-0.2, -0.15) is 26.3 Å². The van der Waals surface area contributed by atoms with E-state index in [4.69, 9.17) is 11.6 Å². The lowest BCUT2D eigenvalue weighted by atomic mass is 9.95. The fraction of sp³-hybridized carbons (Fsp3) is 0.435. The molecule has 14 heteroatoms. The van der Waals surface area contributed by atoms with Crippen LogP contribution < -0.4 is 4.90 Å². The van der Waals surface area contributed by atoms with Crippen LogP contribution in [-0.4, -0.2) is 50.5 Å². The topological polar surface area (TPSA) is 50.1 Å². The van der Waals surface area contributed by atoms with Crippen molar-refractivity contribution in [1.29, 1.82) is 0 Å². The van der Waals surface area contributed by atoms with Crippen molar-refractivity contribution in [2.75, 3.05) is 24.5 Å². The Morgan fingerprint density at radius 1 is 0.946 bits per heavy atom. The predicted octanol–water partition coefficient (Wildman–Crippen LogP) is 5.74. The van der Waals surface area contributed by atoms with E-state index in [0.717, 1.165) is 6.07 Å². The molecule has 3 aromatic rings. The van der Waals surface area contributed by atoms with E-state index >= 15 is 0 Å². The first-order valence-electron chi connectivity index (χ1n) is 11.4. The van der Waals surface area contributed by atoms with Crippen molar-refractivity contribution in [1.82, 2.24) is 24.6 Å². The average molecular weight is 549 g/mol. The second kappa shape index (κ2) is 9.43. The van der Waals surface area contributed by atoms with Crippen molar-refractivity contribution >= 4 is 17.4 Å². The summed E-state index contributed by atoms with van der Waals surface area (Å²) in [6, 6.07) is 6.32. The molecule has 0 N–H and O–H groups in total. The zero-order valence-corrected chi connectivity index (χ0v) is 19.9. The van der Waals surface area contributed by atoms with Crippen LogP contribution in [0, 0.1) is 5.82 Å². The number of piperidine rings is 1. The van der Waals surface area contributed by atoms with Gasteiger partial charge in [0.25, 0.3) is 0 Å². The maximum atomic E-state index is 14.3. The number of benzene rings is 1. The zero-order valence-electron chi connectivity index (χ0n) is 19.1. The van der Waals surface area contributed by atoms with Gasteiger partial charge in [0.05, 0.1) is 18.8 Å². The molecule has 0 aliphatic carbocycles. The Morgan fingerprint density at radius 2 is 1.68 bits per heavy atom. The molecule has 37 heavy (non-hydrogen) atoms. The van der Waals surface area contributed by atoms with Crippen LogP contribution in [0.1, 0.15) is 41.7 Å². The standard InChI is InChI=1S/C23H20ClF7N6/c24-15-1-3-17-14(9-15)10-35(12-22(26,27)28)11-19-33-34-20(37(17)19)13-5-7-36(8-6-13)21-16(25)2-4-18(32-21)23(29,30)31/h1-4,9,13H,5-8,10-12H2. The lowest BCUT2D eigenvalue weighted by Crippen LogP contribution is -2.35. The maximum Gasteiger partial charge on any atom is 0.433 e. The number of nitrogens with zero attached hydrogens (tertiary/aromatic N) is 6. The highest BCUT2D eigenvalue weighted by atomic mass is 35.5. The molecule has 4 heterocycles. The number of anilines is 1. The van der Waals surface area contributed by atoms with Crippen molar-refractivity contribution in [3.8, 4) is 5.69 Å². The fourth-order valence-corrected chi connectivity index (χ4v) is 5.08. The van der Waals surface area contributed by atoms with Gasteiger partial charge in [-0.15, -0.1) is 10.2 Å². The molecule has 0 radical (unpaired) electrons. The molecule has 2 aliphatic heterocycles. The van der Waals surface area contributed by atoms with Gasteiger partial charge in [0.2, 0.25) is 0 Å². The van der Waals surface area contributed by atoms with Crippen LogP contribution in [0.15, 0.2) is 30.3 Å². The van der Waals surface area contributed by atoms with Gasteiger partial charge in [-0.3, -0.25) is 9.47 Å². The number of fused-ring (bicyclic) bond motifs is 3. The van der Waals surface area contributed by atoms with Crippen molar-refractivity contribution in [2.24, 2.45) is 0 Å². The van der Waals surface area contributed by atoms with Gasteiger partial charge in [0.15, 0.2) is 17.5 Å². The second-order valence-corrected chi connectivity index (χ2v) is 9.54. The molecule has 0 amide bonds. The van der Waals surface area contributed by atoms with Crippen molar-refractivity contribution in [2.45, 2.75) is 44.2 Å². The molecule has 6 nitrogen and oxygen atoms in total. The summed E-state index contributed by atoms with van der Waals surface area (Å²) in [5, 5.41) is 8.86. The number of aromatic nitrogens is 4. The average Bonchev–Trinajstić information content (AvgIpc) is 3.14. The zero-order chi connectivity index (χ0) is 26.5. The molecular weight excluding hydrogens is 529 g/mol. The van der Waals surface area contributed by atoms with Crippen LogP contribution in [0.4, 0.5) is 36.6 Å². The van der Waals surface area contributed by atoms with Gasteiger partial charge in [0, 0.05) is 30.6 Å². The number of pyridine rings is 1. The molecule has 198 valence electrons. The Bertz CT molecular complexity index is 1300. The van der Waals surface area contributed by atoms with E-state index in [-0.39, 0.29) is 37.9 Å². The maximum absolute atomic E-state index is 14.3. The van der Waals surface area contributed by atoms with Gasteiger partial charge in [-0.05, 0) is 48.7 Å². The van der Waals surface area contributed by atoms with E-state index in [0.29, 0.717) is 46.8 Å². The summed E-state index contributed by atoms with van der Waals surface area (Å²) in [6.07, 6.45) is -8.29. The summed E-state index contributed by atoms with van der Waals surface area (Å²) < 4.78 is 94.9. The minimum atomic E-state index is -4.70. The third-order valence-corrected chi connectivity index (χ3v) is 6.71. The Morgan fingerprint density at radius 3 is 2.35 bits per heavy atom. The molecular formula is C23H20ClF7N6. The first-order valence-corrected chi connectivity index (χ1v) is 11.8. The van der Waals surface area contributed by atoms with E-state index in [9.17, 15) is 30.7 Å². The lowest BCUT2D eigenvalue weighted by molar-refractivity contribution is -0.148. The summed E-state index contributed by atoms with van der Waals surface area (Å²) in [6.45, 7) is -0.777. The molecule has 2 aromatic heterocycles. The Balaban J connectivity index is 1.42. The molecule has 0 spiro atoms. The minimum Gasteiger partial charge on any atom is -0.354 e. The highest BCUT2D eigenvalue weighted by Gasteiger charge is 2.37. The Labute approximate surface area is 211 Å². The van der Waals surface area contributed by atoms with Crippen molar-refractivity contribution < 1.29 is 30.7 Å². The van der Waals surface area contributed by atoms with Crippen LogP contribution in [0.2, 0.25) is 5.02 Å². The van der Waals surface area contributed by atoms with Gasteiger partial charge in [-0.1, -0.05) is 11.6 Å². The van der Waals surface area contributed by atoms with E-state index in [1.165, 1.54) is 9.80 Å². The van der Waals surface area contributed by atoms with Crippen LogP contribution in [0.5, 0.6) is 0 Å². The summed E-state index contributed by atoms with van der Waals surface area (Å²) in [4.78, 5) is 6.17. The highest BCUT2D eigenvalue weighted by molar-refractivity contribution is 6.30. The number of hydrogen-bond acceptors (Lipinski definition) is 5. The van der Waals surface area contributed by atoms with Crippen molar-refractivity contribution in [3.05, 3.63) is 64.1 Å². The Hall–Kier alpha value is -2.93. The van der Waals surface area contributed by atoms with Crippen LogP contribution in [-0.2, 0) is 19.3 Å². The smallest absolute Gasteiger partial charge is 0.354 e. The van der Waals surface area contributed by atoms with E-state index in [1.807, 2.05) is 0 Å². The van der Waals surface area contributed by atoms with Crippen molar-refractivity contribution in [3.63, 3.8) is 0 Å². The molecule has 0 bridgehead atoms. The van der Waals surface area contributed by atoms with Crippen LogP contribution in [0.3, 0.4) is 0 Å². The molecule has 1 saturated heterocycles. The third kappa shape index (κ3) is 5.37. The highest BCUT2D eigenvalue weighted by Crippen LogP contribution is 2.36. The molecule has 0 saturated carbocycles. The molecule has 1 fully saturated rings. The molecule has 0 atom stereocenters. The van der Waals surface area contributed by atoms with Gasteiger partial charge < -0.3 is 4.90 Å². The lowest BCUT2D eigenvalue weighted by Gasteiger charge is -2.33. The normalized spacial score (nSPS) is 17.5. The first-order chi connectivity index (χ1) is 17.4. The first kappa shape index (κ1) is 25.7. The SMILES string of the molecule is Fc1ccc(C(F)(F)F)nc1N1CCC(c2nnc3n2-c2ccc(Cl)cc2CN(CC(F)(F)F)C3)CC1. The largest absolute Gasteiger partial charge is 0.433 e. The number of halogens is 8. The van der Waals surface area contributed by atoms with Gasteiger partial charge in [-0.25, -0.2) is 9.37 Å². The molecule has 1 aromatic carbocycles. The number of alkyl halides is 6. The van der Waals surface area contributed by atoms with Crippen LogP contribution >= 0.6 is 11.6 Å². The summed E-state index contributed by atoms with van der Waals surface area (Å²) in [7, 11) is 0. The minimum absolute atomic E-state index is 0.0111. The summed E-state index contributed by atoms with van der Waals surface area (Å²) >= 11 is 6.13. The predicted molar refractivity (Wildman–Crippen MR) is 120 cm³/mol. The third-order valence-electron chi connectivity index (χ3n) is 6.48. The number of rotatable bonds is 3. The van der Waals surface area contributed by atoms with Crippen LogP contribution in [0.25, 0.3) is 5.69 Å². The van der Waals surface area contributed by atoms with Gasteiger partial charge >= 0.3 is 12.4 Å². The van der Waals surface area contributed by atoms with E-state index in [1.54, 1.807) is 22.8 Å². The van der Waals surface area contributed by atoms with E-state index in [2.05, 4.69) is 15.2 Å². The second-order valence-electron chi connectivity index (χ2n) is 9.10. The quantitative estimate of drug-likeness (QED) is 0.391. The van der Waals surface area contributed by atoms with Gasteiger partial charge in [0.1, 0.15) is 11.5 Å². The fourth-order valence-electron chi connectivity index (χ4n) is 4.88. The molecule has 5 rings (SSSR count).